The topological polar surface area (TPSA) is 95.7 Å². The van der Waals surface area contributed by atoms with Crippen LogP contribution in [-0.4, -0.2) is 24.1 Å². The Morgan fingerprint density at radius 3 is 2.81 bits per heavy atom. The van der Waals surface area contributed by atoms with Gasteiger partial charge in [-0.25, -0.2) is 5.43 Å². The van der Waals surface area contributed by atoms with Gasteiger partial charge in [-0.2, -0.15) is 5.10 Å². The van der Waals surface area contributed by atoms with Crippen LogP contribution in [0.5, 0.6) is 0 Å². The van der Waals surface area contributed by atoms with Crippen molar-refractivity contribution < 1.29 is 14.0 Å². The summed E-state index contributed by atoms with van der Waals surface area (Å²) in [6.07, 6.45) is 3.83. The molecule has 1 atom stereocenters. The fourth-order valence-corrected chi connectivity index (χ4v) is 2.38. The van der Waals surface area contributed by atoms with Gasteiger partial charge < -0.3 is 15.1 Å². The lowest BCUT2D eigenvalue weighted by molar-refractivity contribution is -0.139. The lowest BCUT2D eigenvalue weighted by atomic mass is 10.2. The number of furan rings is 1. The zero-order valence-electron chi connectivity index (χ0n) is 14.6. The minimum atomic E-state index is -0.804. The summed E-state index contributed by atoms with van der Waals surface area (Å²) >= 11 is 3.41. The monoisotopic (exact) mass is 420 g/mol. The van der Waals surface area contributed by atoms with Crippen molar-refractivity contribution in [3.8, 4) is 0 Å². The lowest BCUT2D eigenvalue weighted by Crippen LogP contribution is -2.41. The highest BCUT2D eigenvalue weighted by molar-refractivity contribution is 9.10. The molecule has 1 aromatic carbocycles. The van der Waals surface area contributed by atoms with Gasteiger partial charge in [0, 0.05) is 21.8 Å². The van der Waals surface area contributed by atoms with Crippen molar-refractivity contribution in [3.05, 3.63) is 52.4 Å². The fourth-order valence-electron chi connectivity index (χ4n) is 2.00. The van der Waals surface area contributed by atoms with Crippen molar-refractivity contribution in [3.63, 3.8) is 0 Å². The third kappa shape index (κ3) is 6.03. The molecular weight excluding hydrogens is 400 g/mol. The largest absolute Gasteiger partial charge is 0.467 e. The number of hydrogen-bond acceptors (Lipinski definition) is 5. The SMILES string of the molecule is CC[C@@H](C)NC(=O)C(=O)N/N=C\c1cc(Br)ccc1NCc1ccco1. The van der Waals surface area contributed by atoms with Crippen LogP contribution in [0, 0.1) is 0 Å². The summed E-state index contributed by atoms with van der Waals surface area (Å²) in [5.41, 5.74) is 3.79. The molecule has 26 heavy (non-hydrogen) atoms. The van der Waals surface area contributed by atoms with E-state index in [0.717, 1.165) is 27.9 Å². The Kier molecular flexibility index (Phi) is 7.40. The number of amides is 2. The van der Waals surface area contributed by atoms with E-state index in [4.69, 9.17) is 4.42 Å². The number of hydrazone groups is 1. The van der Waals surface area contributed by atoms with Gasteiger partial charge in [-0.15, -0.1) is 0 Å². The molecule has 0 spiro atoms. The number of anilines is 1. The second-order valence-corrected chi connectivity index (χ2v) is 6.56. The predicted octanol–water partition coefficient (Wildman–Crippen LogP) is 3.02. The van der Waals surface area contributed by atoms with Crippen LogP contribution < -0.4 is 16.1 Å². The van der Waals surface area contributed by atoms with E-state index in [1.165, 1.54) is 6.21 Å². The van der Waals surface area contributed by atoms with Crippen LogP contribution in [-0.2, 0) is 16.1 Å². The summed E-state index contributed by atoms with van der Waals surface area (Å²) in [6.45, 7) is 4.26. The molecule has 1 heterocycles. The van der Waals surface area contributed by atoms with E-state index in [1.54, 1.807) is 6.26 Å². The molecule has 0 aliphatic rings. The Balaban J connectivity index is 1.98. The zero-order chi connectivity index (χ0) is 18.9. The summed E-state index contributed by atoms with van der Waals surface area (Å²) < 4.78 is 6.16. The zero-order valence-corrected chi connectivity index (χ0v) is 16.2. The molecule has 1 aromatic heterocycles. The first-order chi connectivity index (χ1) is 12.5. The average molecular weight is 421 g/mol. The highest BCUT2D eigenvalue weighted by Crippen LogP contribution is 2.20. The van der Waals surface area contributed by atoms with Gasteiger partial charge in [0.15, 0.2) is 0 Å². The van der Waals surface area contributed by atoms with Gasteiger partial charge in [0.25, 0.3) is 0 Å². The van der Waals surface area contributed by atoms with E-state index in [2.05, 4.69) is 37.1 Å². The first-order valence-electron chi connectivity index (χ1n) is 8.19. The van der Waals surface area contributed by atoms with Crippen molar-refractivity contribution in [2.75, 3.05) is 5.32 Å². The molecule has 8 heteroatoms. The van der Waals surface area contributed by atoms with E-state index >= 15 is 0 Å². The first kappa shape index (κ1) is 19.7. The van der Waals surface area contributed by atoms with Gasteiger partial charge in [0.1, 0.15) is 5.76 Å². The lowest BCUT2D eigenvalue weighted by Gasteiger charge is -2.10. The van der Waals surface area contributed by atoms with Crippen molar-refractivity contribution in [1.29, 1.82) is 0 Å². The van der Waals surface area contributed by atoms with E-state index in [9.17, 15) is 9.59 Å². The number of nitrogens with one attached hydrogen (secondary N) is 3. The summed E-state index contributed by atoms with van der Waals surface area (Å²) in [4.78, 5) is 23.4. The summed E-state index contributed by atoms with van der Waals surface area (Å²) in [5.74, 6) is -0.714. The number of hydrogen-bond donors (Lipinski definition) is 3. The molecule has 0 aliphatic carbocycles. The molecule has 138 valence electrons. The van der Waals surface area contributed by atoms with E-state index in [1.807, 2.05) is 44.2 Å². The van der Waals surface area contributed by atoms with E-state index in [-0.39, 0.29) is 6.04 Å². The third-order valence-electron chi connectivity index (χ3n) is 3.61. The number of halogens is 1. The Labute approximate surface area is 160 Å². The molecule has 0 saturated carbocycles. The maximum absolute atomic E-state index is 11.7. The maximum atomic E-state index is 11.7. The second kappa shape index (κ2) is 9.76. The highest BCUT2D eigenvalue weighted by Gasteiger charge is 2.14. The van der Waals surface area contributed by atoms with E-state index < -0.39 is 11.8 Å². The van der Waals surface area contributed by atoms with Gasteiger partial charge in [-0.1, -0.05) is 22.9 Å². The number of carbonyl (C=O) groups excluding carboxylic acids is 2. The summed E-state index contributed by atoms with van der Waals surface area (Å²) in [5, 5.41) is 9.69. The highest BCUT2D eigenvalue weighted by atomic mass is 79.9. The van der Waals surface area contributed by atoms with Crippen molar-refractivity contribution in [1.82, 2.24) is 10.7 Å². The third-order valence-corrected chi connectivity index (χ3v) is 4.11. The standard InChI is InChI=1S/C18H21BrN4O3/c1-3-12(2)22-17(24)18(25)23-21-10-13-9-14(19)6-7-16(13)20-11-15-5-4-8-26-15/h4-10,12,20H,3,11H2,1-2H3,(H,22,24)(H,23,25)/b21-10-/t12-/m1/s1. The molecule has 2 rings (SSSR count). The minimum absolute atomic E-state index is 0.0697. The van der Waals surface area contributed by atoms with Crippen LogP contribution >= 0.6 is 15.9 Å². The first-order valence-corrected chi connectivity index (χ1v) is 8.98. The molecule has 0 bridgehead atoms. The predicted molar refractivity (Wildman–Crippen MR) is 104 cm³/mol. The Morgan fingerprint density at radius 2 is 2.12 bits per heavy atom. The van der Waals surface area contributed by atoms with Gasteiger partial charge in [0.2, 0.25) is 0 Å². The minimum Gasteiger partial charge on any atom is -0.467 e. The molecule has 0 aliphatic heterocycles. The quantitative estimate of drug-likeness (QED) is 0.364. The number of benzene rings is 1. The Morgan fingerprint density at radius 1 is 1.31 bits per heavy atom. The van der Waals surface area contributed by atoms with Crippen molar-refractivity contribution in [2.45, 2.75) is 32.9 Å². The van der Waals surface area contributed by atoms with E-state index in [0.29, 0.717) is 6.54 Å². The van der Waals surface area contributed by atoms with Crippen LogP contribution in [0.15, 0.2) is 50.6 Å². The van der Waals surface area contributed by atoms with Crippen LogP contribution in [0.2, 0.25) is 0 Å². The van der Waals surface area contributed by atoms with Gasteiger partial charge in [-0.3, -0.25) is 9.59 Å². The van der Waals surface area contributed by atoms with Crippen LogP contribution in [0.4, 0.5) is 5.69 Å². The molecule has 2 amide bonds. The van der Waals surface area contributed by atoms with Crippen LogP contribution in [0.1, 0.15) is 31.6 Å². The molecule has 0 fully saturated rings. The molecule has 2 aromatic rings. The normalized spacial score (nSPS) is 12.0. The van der Waals surface area contributed by atoms with Crippen molar-refractivity contribution >= 4 is 39.6 Å². The maximum Gasteiger partial charge on any atom is 0.329 e. The summed E-state index contributed by atoms with van der Waals surface area (Å²) in [7, 11) is 0. The van der Waals surface area contributed by atoms with Crippen LogP contribution in [0.25, 0.3) is 0 Å². The molecular formula is C18H21BrN4O3. The number of nitrogens with zero attached hydrogens (tertiary/aromatic N) is 1. The van der Waals surface area contributed by atoms with Gasteiger partial charge in [0.05, 0.1) is 19.0 Å². The second-order valence-electron chi connectivity index (χ2n) is 5.65. The van der Waals surface area contributed by atoms with Gasteiger partial charge in [-0.05, 0) is 43.7 Å². The molecule has 3 N–H and O–H groups in total. The van der Waals surface area contributed by atoms with Gasteiger partial charge >= 0.3 is 11.8 Å². The number of rotatable bonds is 7. The summed E-state index contributed by atoms with van der Waals surface area (Å²) in [6, 6.07) is 9.24. The Hall–Kier alpha value is -2.61. The number of carbonyl (C=O) groups is 2. The molecule has 0 unspecified atom stereocenters. The molecule has 7 nitrogen and oxygen atoms in total. The van der Waals surface area contributed by atoms with Crippen LogP contribution in [0.3, 0.4) is 0 Å². The molecule has 0 radical (unpaired) electrons. The fraction of sp³-hybridized carbons (Fsp3) is 0.278. The Bertz CT molecular complexity index is 775. The molecule has 0 saturated heterocycles. The average Bonchev–Trinajstić information content (AvgIpc) is 3.14. The van der Waals surface area contributed by atoms with Crippen molar-refractivity contribution in [2.24, 2.45) is 5.10 Å². The smallest absolute Gasteiger partial charge is 0.329 e.